The molecule has 0 saturated carbocycles. The molecule has 0 aromatic carbocycles. The van der Waals surface area contributed by atoms with Crippen LogP contribution in [0.25, 0.3) is 0 Å². The van der Waals surface area contributed by atoms with E-state index >= 15 is 0 Å². The zero-order valence-corrected chi connectivity index (χ0v) is 11.4. The van der Waals surface area contributed by atoms with Gasteiger partial charge in [0.15, 0.2) is 0 Å². The quantitative estimate of drug-likeness (QED) is 0.895. The first kappa shape index (κ1) is 12.2. The number of nitrogens with two attached hydrogens (primary N) is 1. The van der Waals surface area contributed by atoms with Crippen molar-refractivity contribution in [2.75, 3.05) is 6.54 Å². The molecule has 1 rings (SSSR count). The number of hydrogen-bond donors (Lipinski definition) is 1. The highest BCUT2D eigenvalue weighted by molar-refractivity contribution is 9.10. The van der Waals surface area contributed by atoms with Gasteiger partial charge < -0.3 is 5.73 Å². The molecule has 1 aromatic heterocycles. The smallest absolute Gasteiger partial charge is 0.0314 e. The molecule has 1 unspecified atom stereocenters. The summed E-state index contributed by atoms with van der Waals surface area (Å²) in [5.41, 5.74) is 6.10. The molecule has 0 fully saturated rings. The van der Waals surface area contributed by atoms with E-state index in [1.807, 2.05) is 0 Å². The maximum atomic E-state index is 5.81. The third-order valence-electron chi connectivity index (χ3n) is 2.63. The summed E-state index contributed by atoms with van der Waals surface area (Å²) in [4.78, 5) is 1.41. The lowest BCUT2D eigenvalue weighted by Crippen LogP contribution is -2.29. The van der Waals surface area contributed by atoms with Crippen molar-refractivity contribution in [3.63, 3.8) is 0 Å². The third kappa shape index (κ3) is 3.07. The molecule has 0 aliphatic heterocycles. The Bertz CT molecular complexity index is 288. The summed E-state index contributed by atoms with van der Waals surface area (Å²) in [6.45, 7) is 7.53. The SMILES string of the molecule is CC(C)(C)C(CN)Cc1sccc1Br. The van der Waals surface area contributed by atoms with Crippen LogP contribution in [0.3, 0.4) is 0 Å². The van der Waals surface area contributed by atoms with Crippen LogP contribution in [0.4, 0.5) is 0 Å². The zero-order chi connectivity index (χ0) is 10.8. The van der Waals surface area contributed by atoms with E-state index in [9.17, 15) is 0 Å². The van der Waals surface area contributed by atoms with E-state index in [4.69, 9.17) is 5.73 Å². The van der Waals surface area contributed by atoms with Gasteiger partial charge in [-0.05, 0) is 51.7 Å². The zero-order valence-electron chi connectivity index (χ0n) is 9.01. The molecular weight excluding hydrogens is 258 g/mol. The van der Waals surface area contributed by atoms with Gasteiger partial charge in [0.05, 0.1) is 0 Å². The Hall–Kier alpha value is 0.140. The van der Waals surface area contributed by atoms with E-state index in [0.29, 0.717) is 5.92 Å². The summed E-state index contributed by atoms with van der Waals surface area (Å²) in [5, 5.41) is 2.12. The summed E-state index contributed by atoms with van der Waals surface area (Å²) in [6, 6.07) is 2.11. The minimum atomic E-state index is 0.290. The molecule has 80 valence electrons. The minimum Gasteiger partial charge on any atom is -0.330 e. The van der Waals surface area contributed by atoms with Crippen LogP contribution in [0.2, 0.25) is 0 Å². The summed E-state index contributed by atoms with van der Waals surface area (Å²) < 4.78 is 1.23. The molecule has 0 spiro atoms. The first-order chi connectivity index (χ1) is 6.45. The summed E-state index contributed by atoms with van der Waals surface area (Å²) in [7, 11) is 0. The first-order valence-electron chi connectivity index (χ1n) is 4.87. The number of hydrogen-bond acceptors (Lipinski definition) is 2. The maximum absolute atomic E-state index is 5.81. The Morgan fingerprint density at radius 1 is 1.50 bits per heavy atom. The highest BCUT2D eigenvalue weighted by Gasteiger charge is 2.24. The van der Waals surface area contributed by atoms with E-state index in [1.54, 1.807) is 11.3 Å². The standard InChI is InChI=1S/C11H18BrNS/c1-11(2,3)8(7-13)6-10-9(12)4-5-14-10/h4-5,8H,6-7,13H2,1-3H3. The van der Waals surface area contributed by atoms with Gasteiger partial charge in [-0.3, -0.25) is 0 Å². The monoisotopic (exact) mass is 275 g/mol. The molecule has 1 heterocycles. The predicted octanol–water partition coefficient (Wildman–Crippen LogP) is 3.67. The van der Waals surface area contributed by atoms with Crippen molar-refractivity contribution in [3.05, 3.63) is 20.8 Å². The Kier molecular flexibility index (Phi) is 4.16. The van der Waals surface area contributed by atoms with Crippen molar-refractivity contribution >= 4 is 27.3 Å². The van der Waals surface area contributed by atoms with Crippen LogP contribution in [0.5, 0.6) is 0 Å². The van der Waals surface area contributed by atoms with Gasteiger partial charge >= 0.3 is 0 Å². The molecule has 0 radical (unpaired) electrons. The van der Waals surface area contributed by atoms with Crippen LogP contribution < -0.4 is 5.73 Å². The van der Waals surface area contributed by atoms with Gasteiger partial charge in [0.1, 0.15) is 0 Å². The van der Waals surface area contributed by atoms with Crippen LogP contribution in [-0.4, -0.2) is 6.54 Å². The molecule has 2 N–H and O–H groups in total. The largest absolute Gasteiger partial charge is 0.330 e. The summed E-state index contributed by atoms with van der Waals surface area (Å²) in [6.07, 6.45) is 1.08. The fraction of sp³-hybridized carbons (Fsp3) is 0.636. The van der Waals surface area contributed by atoms with E-state index in [1.165, 1.54) is 9.35 Å². The topological polar surface area (TPSA) is 26.0 Å². The van der Waals surface area contributed by atoms with Crippen molar-refractivity contribution in [2.24, 2.45) is 17.1 Å². The average molecular weight is 276 g/mol. The molecule has 0 saturated heterocycles. The number of thiophene rings is 1. The molecule has 0 aliphatic carbocycles. The molecule has 0 bridgehead atoms. The van der Waals surface area contributed by atoms with Crippen molar-refractivity contribution in [1.82, 2.24) is 0 Å². The van der Waals surface area contributed by atoms with Gasteiger partial charge in [0.2, 0.25) is 0 Å². The van der Waals surface area contributed by atoms with E-state index in [0.717, 1.165) is 13.0 Å². The van der Waals surface area contributed by atoms with Crippen molar-refractivity contribution in [3.8, 4) is 0 Å². The first-order valence-corrected chi connectivity index (χ1v) is 6.54. The molecule has 14 heavy (non-hydrogen) atoms. The Balaban J connectivity index is 2.71. The average Bonchev–Trinajstić information content (AvgIpc) is 2.45. The highest BCUT2D eigenvalue weighted by atomic mass is 79.9. The number of halogens is 1. The van der Waals surface area contributed by atoms with E-state index < -0.39 is 0 Å². The molecule has 1 nitrogen and oxygen atoms in total. The van der Waals surface area contributed by atoms with Gasteiger partial charge in [-0.25, -0.2) is 0 Å². The van der Waals surface area contributed by atoms with Crippen molar-refractivity contribution in [1.29, 1.82) is 0 Å². The molecular formula is C11H18BrNS. The molecule has 0 amide bonds. The Morgan fingerprint density at radius 2 is 2.14 bits per heavy atom. The third-order valence-corrected chi connectivity index (χ3v) is 4.58. The minimum absolute atomic E-state index is 0.290. The molecule has 3 heteroatoms. The second-order valence-electron chi connectivity index (χ2n) is 4.69. The fourth-order valence-corrected chi connectivity index (χ4v) is 3.03. The fourth-order valence-electron chi connectivity index (χ4n) is 1.44. The normalized spacial score (nSPS) is 14.4. The lowest BCUT2D eigenvalue weighted by molar-refractivity contribution is 0.247. The van der Waals surface area contributed by atoms with Crippen LogP contribution in [0.15, 0.2) is 15.9 Å². The van der Waals surface area contributed by atoms with Gasteiger partial charge in [-0.2, -0.15) is 0 Å². The highest BCUT2D eigenvalue weighted by Crippen LogP contribution is 2.32. The lowest BCUT2D eigenvalue weighted by Gasteiger charge is -2.29. The van der Waals surface area contributed by atoms with Crippen molar-refractivity contribution in [2.45, 2.75) is 27.2 Å². The molecule has 0 aliphatic rings. The second-order valence-corrected chi connectivity index (χ2v) is 6.55. The van der Waals surface area contributed by atoms with Crippen LogP contribution in [0.1, 0.15) is 25.6 Å². The van der Waals surface area contributed by atoms with Crippen LogP contribution in [0, 0.1) is 11.3 Å². The second kappa shape index (κ2) is 4.77. The predicted molar refractivity (Wildman–Crippen MR) is 67.7 cm³/mol. The van der Waals surface area contributed by atoms with Gasteiger partial charge in [-0.15, -0.1) is 11.3 Å². The van der Waals surface area contributed by atoms with Gasteiger partial charge in [0.25, 0.3) is 0 Å². The summed E-state index contributed by atoms with van der Waals surface area (Å²) in [5.74, 6) is 0.553. The lowest BCUT2D eigenvalue weighted by atomic mass is 9.78. The molecule has 1 aromatic rings. The molecule has 1 atom stereocenters. The Morgan fingerprint density at radius 3 is 2.50 bits per heavy atom. The van der Waals surface area contributed by atoms with Crippen LogP contribution >= 0.6 is 27.3 Å². The van der Waals surface area contributed by atoms with Crippen molar-refractivity contribution < 1.29 is 0 Å². The van der Waals surface area contributed by atoms with Gasteiger partial charge in [0, 0.05) is 9.35 Å². The van der Waals surface area contributed by atoms with Crippen LogP contribution in [-0.2, 0) is 6.42 Å². The summed E-state index contributed by atoms with van der Waals surface area (Å²) >= 11 is 5.37. The van der Waals surface area contributed by atoms with E-state index in [2.05, 4.69) is 48.1 Å². The number of rotatable bonds is 3. The van der Waals surface area contributed by atoms with E-state index in [-0.39, 0.29) is 5.41 Å². The van der Waals surface area contributed by atoms with Gasteiger partial charge in [-0.1, -0.05) is 20.8 Å². The maximum Gasteiger partial charge on any atom is 0.0314 e. The Labute approximate surface area is 98.8 Å².